The molecule has 0 bridgehead atoms. The lowest BCUT2D eigenvalue weighted by atomic mass is 10.1. The zero-order chi connectivity index (χ0) is 32.0. The molecule has 5 rings (SSSR count). The summed E-state index contributed by atoms with van der Waals surface area (Å²) in [7, 11) is 0. The van der Waals surface area contributed by atoms with E-state index in [0.717, 1.165) is 9.80 Å². The van der Waals surface area contributed by atoms with Gasteiger partial charge in [-0.2, -0.15) is 0 Å². The van der Waals surface area contributed by atoms with Gasteiger partial charge in [0.15, 0.2) is 11.5 Å². The Morgan fingerprint density at radius 2 is 0.932 bits per heavy atom. The molecule has 3 aromatic carbocycles. The number of ether oxygens (including phenoxy) is 2. The fourth-order valence-electron chi connectivity index (χ4n) is 5.03. The number of anilines is 4. The number of benzene rings is 3. The third-order valence-electron chi connectivity index (χ3n) is 6.88. The Morgan fingerprint density at radius 3 is 1.20 bits per heavy atom. The number of phenolic OH excluding ortho intramolecular Hbond substituents is 2. The molecule has 0 saturated heterocycles. The molecule has 0 aromatic heterocycles. The highest BCUT2D eigenvalue weighted by Gasteiger charge is 2.46. The first-order valence-electron chi connectivity index (χ1n) is 13.0. The lowest BCUT2D eigenvalue weighted by Gasteiger charge is -2.22. The lowest BCUT2D eigenvalue weighted by molar-refractivity contribution is -0.138. The molecular formula is C30H22N2O12. The van der Waals surface area contributed by atoms with Crippen LogP contribution in [-0.2, 0) is 28.7 Å². The van der Waals surface area contributed by atoms with Crippen LogP contribution in [0.2, 0.25) is 0 Å². The van der Waals surface area contributed by atoms with Crippen molar-refractivity contribution in [2.45, 2.75) is 13.8 Å². The van der Waals surface area contributed by atoms with E-state index in [-0.39, 0.29) is 35.7 Å². The third kappa shape index (κ3) is 4.36. The van der Waals surface area contributed by atoms with Gasteiger partial charge >= 0.3 is 23.9 Å². The van der Waals surface area contributed by atoms with Crippen molar-refractivity contribution in [1.29, 1.82) is 0 Å². The lowest BCUT2D eigenvalue weighted by Crippen LogP contribution is -2.26. The van der Waals surface area contributed by atoms with E-state index in [4.69, 9.17) is 9.47 Å². The van der Waals surface area contributed by atoms with Gasteiger partial charge in [-0.05, 0) is 62.4 Å². The summed E-state index contributed by atoms with van der Waals surface area (Å²) in [5.41, 5.74) is -2.70. The first-order chi connectivity index (χ1) is 20.9. The molecule has 0 spiro atoms. The van der Waals surface area contributed by atoms with E-state index in [0.29, 0.717) is 0 Å². The van der Waals surface area contributed by atoms with Crippen molar-refractivity contribution in [1.82, 2.24) is 0 Å². The number of carbonyl (C=O) groups is 6. The Hall–Kier alpha value is -6.18. The average Bonchev–Trinajstić information content (AvgIpc) is 3.48. The van der Waals surface area contributed by atoms with E-state index in [1.807, 2.05) is 0 Å². The molecule has 14 nitrogen and oxygen atoms in total. The number of aromatic carboxylic acids is 2. The van der Waals surface area contributed by atoms with Gasteiger partial charge in [0, 0.05) is 11.4 Å². The Bertz CT molecular complexity index is 1790. The van der Waals surface area contributed by atoms with E-state index < -0.39 is 80.1 Å². The summed E-state index contributed by atoms with van der Waals surface area (Å²) < 4.78 is 10.1. The molecule has 0 aliphatic carbocycles. The molecule has 0 radical (unpaired) electrons. The summed E-state index contributed by atoms with van der Waals surface area (Å²) in [5.74, 6) is -8.69. The maximum absolute atomic E-state index is 13.8. The standard InChI is InChI=1S/C30H22N2O12/c1-3-43-29(41)19-17-21(31(25(19)35)15-9-5-13(6-10-15)27(37)38)24(34)18-20(30(42)44-4-2)26(36)32(22(18)23(17)33)16-11-7-14(8-12-16)28(39)40/h5-12,33-34H,3-4H2,1-2H3,(H,37,38)(H,39,40). The van der Waals surface area contributed by atoms with Crippen molar-refractivity contribution in [3.8, 4) is 11.5 Å². The van der Waals surface area contributed by atoms with Crippen LogP contribution in [0.25, 0.3) is 11.1 Å². The number of phenols is 2. The molecule has 14 heteroatoms. The van der Waals surface area contributed by atoms with E-state index in [1.54, 1.807) is 0 Å². The minimum atomic E-state index is -1.26. The van der Waals surface area contributed by atoms with E-state index >= 15 is 0 Å². The van der Waals surface area contributed by atoms with Crippen molar-refractivity contribution in [3.05, 3.63) is 70.1 Å². The smallest absolute Gasteiger partial charge is 0.344 e. The number of carbonyl (C=O) groups excluding carboxylic acids is 4. The molecule has 2 heterocycles. The summed E-state index contributed by atoms with van der Waals surface area (Å²) in [6, 6.07) is 9.55. The molecule has 4 N–H and O–H groups in total. The molecule has 0 atom stereocenters. The molecule has 2 aliphatic heterocycles. The van der Waals surface area contributed by atoms with Crippen LogP contribution in [0, 0.1) is 0 Å². The summed E-state index contributed by atoms with van der Waals surface area (Å²) in [6.45, 7) is 2.61. The van der Waals surface area contributed by atoms with Crippen LogP contribution in [0.15, 0.2) is 48.5 Å². The number of esters is 2. The number of carboxylic acid groups (broad SMARTS) is 2. The first kappa shape index (κ1) is 29.3. The van der Waals surface area contributed by atoms with Crippen LogP contribution < -0.4 is 20.2 Å². The van der Waals surface area contributed by atoms with Gasteiger partial charge in [0.05, 0.1) is 34.8 Å². The SMILES string of the molecule is CCOC(=O)C1=c2c(O)c3c(c(O)c2N(c2ccc(C(=O)O)cc2)C1=O)=C(C(=O)OCC)C(=O)N3c1ccc(C(=O)O)cc1. The van der Waals surface area contributed by atoms with Crippen molar-refractivity contribution in [2.24, 2.45) is 0 Å². The number of carboxylic acids is 2. The van der Waals surface area contributed by atoms with Crippen LogP contribution in [0.4, 0.5) is 22.7 Å². The predicted octanol–water partition coefficient (Wildman–Crippen LogP) is 1.28. The number of nitrogens with zero attached hydrogens (tertiary/aromatic N) is 2. The van der Waals surface area contributed by atoms with Gasteiger partial charge in [0.25, 0.3) is 11.8 Å². The van der Waals surface area contributed by atoms with Gasteiger partial charge in [-0.25, -0.2) is 19.2 Å². The molecule has 0 fully saturated rings. The van der Waals surface area contributed by atoms with Gasteiger partial charge < -0.3 is 29.9 Å². The topological polar surface area (TPSA) is 208 Å². The van der Waals surface area contributed by atoms with Crippen LogP contribution in [0.1, 0.15) is 34.6 Å². The zero-order valence-corrected chi connectivity index (χ0v) is 23.0. The largest absolute Gasteiger partial charge is 0.505 e. The second-order valence-corrected chi connectivity index (χ2v) is 9.32. The van der Waals surface area contributed by atoms with Gasteiger partial charge in [-0.1, -0.05) is 0 Å². The summed E-state index contributed by atoms with van der Waals surface area (Å²) in [5, 5.41) is 41.0. The maximum Gasteiger partial charge on any atom is 0.344 e. The highest BCUT2D eigenvalue weighted by atomic mass is 16.5. The number of fused-ring (bicyclic) bond motifs is 2. The minimum absolute atomic E-state index is 0.0293. The Kier molecular flexibility index (Phi) is 7.27. The highest BCUT2D eigenvalue weighted by molar-refractivity contribution is 6.48. The van der Waals surface area contributed by atoms with Gasteiger partial charge in [0.2, 0.25) is 0 Å². The van der Waals surface area contributed by atoms with Gasteiger partial charge in [-0.15, -0.1) is 0 Å². The fourth-order valence-corrected chi connectivity index (χ4v) is 5.03. The van der Waals surface area contributed by atoms with E-state index in [1.165, 1.54) is 62.4 Å². The molecule has 2 amide bonds. The van der Waals surface area contributed by atoms with Gasteiger partial charge in [0.1, 0.15) is 22.5 Å². The van der Waals surface area contributed by atoms with E-state index in [9.17, 15) is 49.2 Å². The molecule has 0 saturated carbocycles. The van der Waals surface area contributed by atoms with Crippen LogP contribution in [-0.4, -0.2) is 69.3 Å². The highest BCUT2D eigenvalue weighted by Crippen LogP contribution is 2.44. The minimum Gasteiger partial charge on any atom is -0.505 e. The third-order valence-corrected chi connectivity index (χ3v) is 6.88. The van der Waals surface area contributed by atoms with Gasteiger partial charge in [-0.3, -0.25) is 19.4 Å². The molecule has 2 aliphatic rings. The quantitative estimate of drug-likeness (QED) is 0.212. The Balaban J connectivity index is 1.89. The van der Waals surface area contributed by atoms with Crippen molar-refractivity contribution >= 4 is 69.6 Å². The number of aromatic hydroxyl groups is 2. The number of hydrogen-bond donors (Lipinski definition) is 4. The second kappa shape index (κ2) is 10.9. The van der Waals surface area contributed by atoms with Crippen molar-refractivity contribution in [2.75, 3.05) is 23.0 Å². The second-order valence-electron chi connectivity index (χ2n) is 9.32. The zero-order valence-electron chi connectivity index (χ0n) is 23.0. The summed E-state index contributed by atoms with van der Waals surface area (Å²) in [6.07, 6.45) is 0. The van der Waals surface area contributed by atoms with Crippen LogP contribution in [0.5, 0.6) is 11.5 Å². The van der Waals surface area contributed by atoms with Crippen LogP contribution in [0.3, 0.4) is 0 Å². The first-order valence-corrected chi connectivity index (χ1v) is 13.0. The van der Waals surface area contributed by atoms with Crippen molar-refractivity contribution in [3.63, 3.8) is 0 Å². The Labute approximate surface area is 246 Å². The molecule has 224 valence electrons. The maximum atomic E-state index is 13.8. The number of rotatable bonds is 8. The predicted molar refractivity (Wildman–Crippen MR) is 150 cm³/mol. The molecular weight excluding hydrogens is 580 g/mol. The number of amides is 2. The molecule has 0 unspecified atom stereocenters. The molecule has 44 heavy (non-hydrogen) atoms. The normalized spacial score (nSPS) is 13.6. The summed E-state index contributed by atoms with van der Waals surface area (Å²) in [4.78, 5) is 78.1. The van der Waals surface area contributed by atoms with Crippen molar-refractivity contribution < 1.29 is 58.7 Å². The number of hydrogen-bond acceptors (Lipinski definition) is 10. The fraction of sp³-hybridized carbons (Fsp3) is 0.133. The molecule has 3 aromatic rings. The van der Waals surface area contributed by atoms with E-state index in [2.05, 4.69) is 0 Å². The average molecular weight is 603 g/mol. The monoisotopic (exact) mass is 602 g/mol. The Morgan fingerprint density at radius 1 is 0.614 bits per heavy atom. The van der Waals surface area contributed by atoms with Crippen LogP contribution >= 0.6 is 0 Å². The summed E-state index contributed by atoms with van der Waals surface area (Å²) >= 11 is 0.